The molecule has 0 unspecified atom stereocenters. The minimum absolute atomic E-state index is 0.0227. The van der Waals surface area contributed by atoms with E-state index in [1.54, 1.807) is 70.5 Å². The molecule has 0 radical (unpaired) electrons. The molecular weight excluding hydrogens is 1750 g/mol. The van der Waals surface area contributed by atoms with Crippen LogP contribution in [-0.4, -0.2) is 308 Å². The van der Waals surface area contributed by atoms with Crippen molar-refractivity contribution in [2.24, 2.45) is 40.5 Å². The van der Waals surface area contributed by atoms with E-state index < -0.39 is 253 Å². The van der Waals surface area contributed by atoms with Gasteiger partial charge in [0, 0.05) is 68.7 Å². The number of unbranched alkanes of at least 4 members (excludes halogenated alkanes) is 1. The van der Waals surface area contributed by atoms with E-state index in [0.29, 0.717) is 37.7 Å². The Morgan fingerprint density at radius 3 is 1.72 bits per heavy atom. The van der Waals surface area contributed by atoms with E-state index >= 15 is 9.59 Å². The highest BCUT2D eigenvalue weighted by atomic mass is 33.1. The van der Waals surface area contributed by atoms with Crippen LogP contribution in [0.1, 0.15) is 148 Å². The Morgan fingerprint density at radius 1 is 0.594 bits per heavy atom. The number of aliphatic hydroxyl groups excluding tert-OH is 1. The third-order valence-corrected chi connectivity index (χ3v) is 25.6. The van der Waals surface area contributed by atoms with Crippen LogP contribution in [0.2, 0.25) is 0 Å². The molecule has 1 aromatic heterocycles. The van der Waals surface area contributed by atoms with Crippen LogP contribution in [0.5, 0.6) is 0 Å². The maximum atomic E-state index is 15.2. The molecule has 1 aromatic carbocycles. The Labute approximate surface area is 759 Å². The van der Waals surface area contributed by atoms with Gasteiger partial charge in [0.15, 0.2) is 5.96 Å². The average molecular weight is 1870 g/mol. The van der Waals surface area contributed by atoms with Gasteiger partial charge < -0.3 is 128 Å². The number of carboxylic acids is 1. The van der Waals surface area contributed by atoms with Gasteiger partial charge in [-0.3, -0.25) is 91.7 Å². The largest absolute Gasteiger partial charge is 0.481 e. The smallest absolute Gasteiger partial charge is 0.303 e. The Balaban J connectivity index is 1.59. The van der Waals surface area contributed by atoms with Crippen molar-refractivity contribution in [3.63, 3.8) is 0 Å². The summed E-state index contributed by atoms with van der Waals surface area (Å²) in [6, 6.07) is -13.8. The van der Waals surface area contributed by atoms with Gasteiger partial charge in [0.2, 0.25) is 100 Å². The van der Waals surface area contributed by atoms with E-state index in [1.807, 2.05) is 0 Å². The number of nitrogens with two attached hydrogens (primary N) is 5. The summed E-state index contributed by atoms with van der Waals surface area (Å²) in [7, 11) is 1.73. The molecule has 3 saturated heterocycles. The lowest BCUT2D eigenvalue weighted by molar-refractivity contribution is -0.148. The predicted octanol–water partition coefficient (Wildman–Crippen LogP) is -5.57. The Bertz CT molecular complexity index is 4090. The SMILES string of the molecule is CC[C@H](C)[C@@H]1NC(=O)[C@H](Cc2cnc[nH]2)NC(=O)[C@H](CCC(N)=O)NC(=O)CNC(=O)[C@@H]2CCCN2C(=O)[C@H]2CCCN2C(=O)[C@H](CCCCN)NC(=O)[C@H]([C@@H](C)CC)NC(=O)[C@H](CCCNC(=N)N)NC(=O)[C@H](CCSC)NC(=O)[C@@H](N)CSSC[C@@H](C(=O)N[C@@H](CCC(=O)O)C(=O)N[C@@H](CCSC)C(=O)N[C@@H](CO)C(=O)N[C@@H](Cc2ccccc2)C(N)=O)NC1=O. The molecule has 128 heavy (non-hydrogen) atoms. The number of hydrogen-bond donors (Lipinski definition) is 23. The molecule has 44 nitrogen and oxygen atoms in total. The maximum absolute atomic E-state index is 15.2. The van der Waals surface area contributed by atoms with Gasteiger partial charge in [0.25, 0.3) is 0 Å². The third kappa shape index (κ3) is 36.2. The van der Waals surface area contributed by atoms with Crippen LogP contribution in [0.25, 0.3) is 0 Å². The number of benzene rings is 1. The number of nitrogens with one attached hydrogen (secondary N) is 16. The van der Waals surface area contributed by atoms with E-state index in [9.17, 15) is 86.9 Å². The topological polar surface area (TPSA) is 705 Å². The van der Waals surface area contributed by atoms with Crippen LogP contribution in [0, 0.1) is 17.2 Å². The van der Waals surface area contributed by atoms with Gasteiger partial charge in [-0.2, -0.15) is 23.5 Å². The van der Waals surface area contributed by atoms with Crippen LogP contribution in [0.4, 0.5) is 0 Å². The van der Waals surface area contributed by atoms with Crippen LogP contribution in [0.3, 0.4) is 0 Å². The van der Waals surface area contributed by atoms with Crippen molar-refractivity contribution < 1.29 is 96.5 Å². The summed E-state index contributed by atoms with van der Waals surface area (Å²) >= 11 is 2.55. The molecule has 48 heteroatoms. The van der Waals surface area contributed by atoms with E-state index in [1.165, 1.54) is 45.8 Å². The molecule has 17 amide bonds. The molecule has 0 saturated carbocycles. The second-order valence-electron chi connectivity index (χ2n) is 31.5. The highest BCUT2D eigenvalue weighted by molar-refractivity contribution is 8.76. The number of primary amides is 2. The van der Waals surface area contributed by atoms with E-state index in [2.05, 4.69) is 84.4 Å². The number of aromatic amines is 1. The zero-order chi connectivity index (χ0) is 94.7. The van der Waals surface area contributed by atoms with Crippen molar-refractivity contribution in [2.75, 3.05) is 74.9 Å². The summed E-state index contributed by atoms with van der Waals surface area (Å²) in [5.74, 6) is -19.3. The van der Waals surface area contributed by atoms with Crippen molar-refractivity contribution in [3.8, 4) is 0 Å². The first-order chi connectivity index (χ1) is 61.0. The second-order valence-corrected chi connectivity index (χ2v) is 36.0. The molecular formula is C80H128N24O20S4. The summed E-state index contributed by atoms with van der Waals surface area (Å²) in [4.78, 5) is 266. The lowest BCUT2D eigenvalue weighted by Crippen LogP contribution is -2.62. The van der Waals surface area contributed by atoms with Crippen molar-refractivity contribution >= 4 is 157 Å². The monoisotopic (exact) mass is 1870 g/mol. The fourth-order valence-corrected chi connectivity index (χ4v) is 17.3. The summed E-state index contributed by atoms with van der Waals surface area (Å²) in [6.45, 7) is 5.28. The Kier molecular flexibility index (Phi) is 47.8. The van der Waals surface area contributed by atoms with Gasteiger partial charge in [-0.15, -0.1) is 0 Å². The first kappa shape index (κ1) is 108. The number of carbonyl (C=O) groups is 18. The molecule has 17 atom stereocenters. The molecule has 0 bridgehead atoms. The molecule has 28 N–H and O–H groups in total. The van der Waals surface area contributed by atoms with Crippen LogP contribution < -0.4 is 103 Å². The molecule has 4 heterocycles. The second kappa shape index (κ2) is 56.7. The quantitative estimate of drug-likeness (QED) is 0.0129. The summed E-state index contributed by atoms with van der Waals surface area (Å²) in [5, 5.41) is 64.5. The highest BCUT2D eigenvalue weighted by Crippen LogP contribution is 2.28. The number of guanidine groups is 1. The van der Waals surface area contributed by atoms with Gasteiger partial charge >= 0.3 is 5.97 Å². The van der Waals surface area contributed by atoms with Crippen LogP contribution in [-0.2, 0) is 99.1 Å². The minimum Gasteiger partial charge on any atom is -0.481 e. The summed E-state index contributed by atoms with van der Waals surface area (Å²) in [5.41, 5.74) is 30.1. The Morgan fingerprint density at radius 2 is 1.13 bits per heavy atom. The van der Waals surface area contributed by atoms with Gasteiger partial charge in [-0.25, -0.2) is 4.98 Å². The average Bonchev–Trinajstić information content (AvgIpc) is 1.61. The number of rotatable bonds is 38. The van der Waals surface area contributed by atoms with E-state index in [-0.39, 0.29) is 119 Å². The van der Waals surface area contributed by atoms with Gasteiger partial charge in [-0.1, -0.05) is 92.5 Å². The first-order valence-corrected chi connectivity index (χ1v) is 48.0. The number of carboxylic acid groups (broad SMARTS) is 1. The lowest BCUT2D eigenvalue weighted by atomic mass is 9.96. The fraction of sp³-hybridized carbons (Fsp3) is 0.650. The number of nitrogens with zero attached hydrogens (tertiary/aromatic N) is 3. The fourth-order valence-electron chi connectivity index (χ4n) is 14.1. The predicted molar refractivity (Wildman–Crippen MR) is 480 cm³/mol. The van der Waals surface area contributed by atoms with Gasteiger partial charge in [0.1, 0.15) is 84.6 Å². The minimum atomic E-state index is -1.84. The number of aromatic nitrogens is 2. The lowest BCUT2D eigenvalue weighted by Gasteiger charge is -2.34. The zero-order valence-corrected chi connectivity index (χ0v) is 76.2. The van der Waals surface area contributed by atoms with Crippen LogP contribution >= 0.6 is 45.1 Å². The van der Waals surface area contributed by atoms with Gasteiger partial charge in [-0.05, 0) is 131 Å². The molecule has 3 aliphatic heterocycles. The normalized spacial score (nSPS) is 23.6. The third-order valence-electron chi connectivity index (χ3n) is 21.9. The first-order valence-electron chi connectivity index (χ1n) is 42.7. The van der Waals surface area contributed by atoms with Gasteiger partial charge in [0.05, 0.1) is 25.5 Å². The van der Waals surface area contributed by atoms with Crippen molar-refractivity contribution in [3.05, 3.63) is 54.1 Å². The van der Waals surface area contributed by atoms with Crippen molar-refractivity contribution in [1.82, 2.24) is 94.2 Å². The summed E-state index contributed by atoms with van der Waals surface area (Å²) < 4.78 is 0. The molecule has 3 fully saturated rings. The van der Waals surface area contributed by atoms with E-state index in [0.717, 1.165) is 21.6 Å². The Hall–Kier alpha value is -10.6. The van der Waals surface area contributed by atoms with Crippen molar-refractivity contribution in [2.45, 2.75) is 240 Å². The molecule has 0 spiro atoms. The maximum Gasteiger partial charge on any atom is 0.303 e. The summed E-state index contributed by atoms with van der Waals surface area (Å²) in [6.07, 6.45) is 5.22. The number of aliphatic hydroxyl groups is 1. The number of hydrogen-bond acceptors (Lipinski definition) is 27. The number of carbonyl (C=O) groups excluding carboxylic acids is 17. The molecule has 712 valence electrons. The number of imidazole rings is 1. The highest BCUT2D eigenvalue weighted by Gasteiger charge is 2.46. The number of H-pyrrole nitrogens is 1. The number of fused-ring (bicyclic) bond motifs is 2. The van der Waals surface area contributed by atoms with Crippen molar-refractivity contribution in [1.29, 1.82) is 5.41 Å². The zero-order valence-electron chi connectivity index (χ0n) is 73.0. The molecule has 0 aliphatic carbocycles. The molecule has 2 aromatic rings. The number of aliphatic carboxylic acids is 1. The standard InChI is InChI=1S/C80H128N24O20S4/c1-7-43(3)63-76(121)96-53(19-12-13-29-81)78(123)104-32-16-22-59(104)79(124)103-31-15-21-58(103)75(120)89-38-61(107)91-49(23-25-60(83)106)67(112)98-55(36-46-37-87-42-90-46)72(117)102-64(44(4)8-2)77(122)100-57(41-128-127-40-47(82)66(111)92-51(27-33-125-5)69(114)93-48(71(116)101-63)20-14-30-88-80(85)86)74(119)94-50(24-26-62(108)109)68(113)95-52(28-34-126-6)70(115)99-56(39-105)73(118)97-54(65(84)110)35-45-17-10-9-11-18-45/h9-11,17-18,37,42-44,47-59,63-64,105H,7-8,12-16,19-36,38-41,81-82H2,1-6H3,(H2,83,106)(H2,84,110)(H,87,90)(H,89,120)(H,91,107)(H,92,111)(H,93,114)(H,94,119)(H,95,113)(H,96,121)(H,97,118)(H,98,112)(H,99,115)(H,100,122)(H,101,116)(H,102,117)(H,108,109)(H4,85,86,88)/t43-,44-,47-,48-,49-,50-,51-,52-,53-,54-,55-,56-,57-,58-,59+,63-,64-/m0/s1. The van der Waals surface area contributed by atoms with Crippen LogP contribution in [0.15, 0.2) is 42.9 Å². The molecule has 5 rings (SSSR count). The number of thioether (sulfide) groups is 2. The molecule has 3 aliphatic rings. The number of amides is 17. The van der Waals surface area contributed by atoms with E-state index in [4.69, 9.17) is 34.1 Å².